The van der Waals surface area contributed by atoms with Crippen molar-refractivity contribution >= 4 is 5.91 Å². The third-order valence-electron chi connectivity index (χ3n) is 5.36. The van der Waals surface area contributed by atoms with Gasteiger partial charge >= 0.3 is 0 Å². The Kier molecular flexibility index (Phi) is 9.03. The van der Waals surface area contributed by atoms with Gasteiger partial charge in [-0.1, -0.05) is 44.4 Å². The van der Waals surface area contributed by atoms with Gasteiger partial charge in [0.05, 0.1) is 6.61 Å². The fraction of sp³-hybridized carbons (Fsp3) is 0.682. The number of unbranched alkanes of at least 4 members (excludes halogenated alkanes) is 3. The first-order valence-corrected chi connectivity index (χ1v) is 10.2. The fourth-order valence-corrected chi connectivity index (χ4v) is 3.97. The molecule has 1 aliphatic carbocycles. The normalized spacial score (nSPS) is 16.5. The van der Waals surface area contributed by atoms with E-state index in [4.69, 9.17) is 5.11 Å². The molecule has 1 aromatic rings. The molecule has 1 unspecified atom stereocenters. The summed E-state index contributed by atoms with van der Waals surface area (Å²) in [6, 6.07) is 7.14. The first-order chi connectivity index (χ1) is 12.2. The first kappa shape index (κ1) is 20.0. The van der Waals surface area contributed by atoms with Crippen LogP contribution in [0.5, 0.6) is 0 Å². The molecule has 1 aromatic carbocycles. The van der Waals surface area contributed by atoms with Crippen LogP contribution in [0.3, 0.4) is 0 Å². The summed E-state index contributed by atoms with van der Waals surface area (Å²) in [5, 5.41) is 11.5. The number of carbonyl (C=O) groups excluding carboxylic acids is 1. The summed E-state index contributed by atoms with van der Waals surface area (Å²) < 4.78 is 0. The number of nitrogens with one attached hydrogen (secondary N) is 1. The molecule has 1 aliphatic rings. The maximum absolute atomic E-state index is 11.7. The molecule has 2 N–H and O–H groups in total. The zero-order valence-corrected chi connectivity index (χ0v) is 15.9. The molecule has 0 saturated carbocycles. The monoisotopic (exact) mass is 345 g/mol. The number of fused-ring (bicyclic) bond motifs is 1. The Morgan fingerprint density at radius 2 is 2.12 bits per heavy atom. The van der Waals surface area contributed by atoms with Crippen molar-refractivity contribution in [3.05, 3.63) is 34.9 Å². The number of aliphatic hydroxyl groups excluding tert-OH is 1. The van der Waals surface area contributed by atoms with Crippen LogP contribution in [0.1, 0.15) is 87.3 Å². The van der Waals surface area contributed by atoms with E-state index in [1.54, 1.807) is 5.56 Å². The molecule has 140 valence electrons. The number of aliphatic hydroxyl groups is 1. The third kappa shape index (κ3) is 6.81. The lowest BCUT2D eigenvalue weighted by molar-refractivity contribution is -0.121. The highest BCUT2D eigenvalue weighted by Crippen LogP contribution is 2.35. The van der Waals surface area contributed by atoms with Gasteiger partial charge < -0.3 is 10.4 Å². The van der Waals surface area contributed by atoms with Crippen molar-refractivity contribution in [1.29, 1.82) is 0 Å². The van der Waals surface area contributed by atoms with E-state index in [1.807, 2.05) is 0 Å². The summed E-state index contributed by atoms with van der Waals surface area (Å²) in [7, 11) is 0. The number of carbonyl (C=O) groups is 1. The predicted octanol–water partition coefficient (Wildman–Crippen LogP) is 4.51. The van der Waals surface area contributed by atoms with Crippen molar-refractivity contribution in [2.75, 3.05) is 13.2 Å². The summed E-state index contributed by atoms with van der Waals surface area (Å²) in [6.45, 7) is 2.64. The lowest BCUT2D eigenvalue weighted by atomic mass is 9.79. The van der Waals surface area contributed by atoms with Crippen LogP contribution in [0.15, 0.2) is 18.2 Å². The third-order valence-corrected chi connectivity index (χ3v) is 5.36. The van der Waals surface area contributed by atoms with Crippen molar-refractivity contribution < 1.29 is 9.90 Å². The van der Waals surface area contributed by atoms with Gasteiger partial charge in [-0.25, -0.2) is 0 Å². The Balaban J connectivity index is 1.83. The Labute approximate surface area is 153 Å². The number of amides is 1. The largest absolute Gasteiger partial charge is 0.395 e. The van der Waals surface area contributed by atoms with Gasteiger partial charge in [-0.05, 0) is 67.6 Å². The van der Waals surface area contributed by atoms with Crippen LogP contribution in [0.25, 0.3) is 0 Å². The van der Waals surface area contributed by atoms with Gasteiger partial charge in [0.1, 0.15) is 0 Å². The van der Waals surface area contributed by atoms with E-state index in [-0.39, 0.29) is 12.5 Å². The SMILES string of the molecule is CCCCCCc1ccc2c(c1)CCCC2CCCC(=O)NCCO. The zero-order chi connectivity index (χ0) is 17.9. The zero-order valence-electron chi connectivity index (χ0n) is 15.9. The quantitative estimate of drug-likeness (QED) is 0.580. The summed E-state index contributed by atoms with van der Waals surface area (Å²) in [6.07, 6.45) is 12.8. The summed E-state index contributed by atoms with van der Waals surface area (Å²) in [4.78, 5) is 11.7. The van der Waals surface area contributed by atoms with Crippen LogP contribution in [-0.2, 0) is 17.6 Å². The van der Waals surface area contributed by atoms with E-state index in [1.165, 1.54) is 62.5 Å². The van der Waals surface area contributed by atoms with E-state index in [0.717, 1.165) is 12.8 Å². The number of benzene rings is 1. The molecule has 3 nitrogen and oxygen atoms in total. The Morgan fingerprint density at radius 1 is 1.24 bits per heavy atom. The maximum Gasteiger partial charge on any atom is 0.220 e. The lowest BCUT2D eigenvalue weighted by Crippen LogP contribution is -2.26. The molecular weight excluding hydrogens is 310 g/mol. The van der Waals surface area contributed by atoms with E-state index in [0.29, 0.717) is 18.9 Å². The van der Waals surface area contributed by atoms with Crippen LogP contribution < -0.4 is 5.32 Å². The Morgan fingerprint density at radius 3 is 2.92 bits per heavy atom. The maximum atomic E-state index is 11.7. The van der Waals surface area contributed by atoms with Crippen molar-refractivity contribution in [3.8, 4) is 0 Å². The highest BCUT2D eigenvalue weighted by Gasteiger charge is 2.20. The van der Waals surface area contributed by atoms with Gasteiger partial charge in [0, 0.05) is 13.0 Å². The molecule has 1 amide bonds. The van der Waals surface area contributed by atoms with Crippen molar-refractivity contribution in [3.63, 3.8) is 0 Å². The molecule has 0 spiro atoms. The lowest BCUT2D eigenvalue weighted by Gasteiger charge is -2.26. The van der Waals surface area contributed by atoms with E-state index in [2.05, 4.69) is 30.4 Å². The van der Waals surface area contributed by atoms with Crippen LogP contribution in [0.2, 0.25) is 0 Å². The van der Waals surface area contributed by atoms with Crippen LogP contribution in [0.4, 0.5) is 0 Å². The van der Waals surface area contributed by atoms with Crippen LogP contribution in [0, 0.1) is 0 Å². The minimum Gasteiger partial charge on any atom is -0.395 e. The van der Waals surface area contributed by atoms with Crippen molar-refractivity contribution in [2.45, 2.75) is 83.5 Å². The number of rotatable bonds is 11. The summed E-state index contributed by atoms with van der Waals surface area (Å²) >= 11 is 0. The molecule has 0 aliphatic heterocycles. The van der Waals surface area contributed by atoms with Crippen LogP contribution >= 0.6 is 0 Å². The minimum absolute atomic E-state index is 0.0164. The van der Waals surface area contributed by atoms with Crippen molar-refractivity contribution in [1.82, 2.24) is 5.32 Å². The van der Waals surface area contributed by atoms with Gasteiger partial charge in [-0.15, -0.1) is 0 Å². The predicted molar refractivity (Wildman–Crippen MR) is 104 cm³/mol. The highest BCUT2D eigenvalue weighted by molar-refractivity contribution is 5.75. The second-order valence-electron chi connectivity index (χ2n) is 7.40. The molecule has 2 rings (SSSR count). The Hall–Kier alpha value is -1.35. The molecule has 0 aromatic heterocycles. The number of hydrogen-bond donors (Lipinski definition) is 2. The molecule has 1 atom stereocenters. The van der Waals surface area contributed by atoms with E-state index < -0.39 is 0 Å². The second kappa shape index (κ2) is 11.3. The van der Waals surface area contributed by atoms with Gasteiger partial charge in [0.25, 0.3) is 0 Å². The first-order valence-electron chi connectivity index (χ1n) is 10.2. The van der Waals surface area contributed by atoms with Gasteiger partial charge in [0.15, 0.2) is 0 Å². The Bertz CT molecular complexity index is 527. The molecule has 0 radical (unpaired) electrons. The molecule has 3 heteroatoms. The average molecular weight is 346 g/mol. The summed E-state index contributed by atoms with van der Waals surface area (Å²) in [5.74, 6) is 0.677. The molecule has 0 heterocycles. The second-order valence-corrected chi connectivity index (χ2v) is 7.40. The molecule has 0 saturated heterocycles. The topological polar surface area (TPSA) is 49.3 Å². The fourth-order valence-electron chi connectivity index (χ4n) is 3.97. The van der Waals surface area contributed by atoms with Gasteiger partial charge in [-0.2, -0.15) is 0 Å². The molecule has 0 bridgehead atoms. The van der Waals surface area contributed by atoms with Crippen molar-refractivity contribution in [2.24, 2.45) is 0 Å². The van der Waals surface area contributed by atoms with E-state index >= 15 is 0 Å². The standard InChI is InChI=1S/C22H35NO2/c1-2-3-4-5-8-18-13-14-21-19(9-6-11-20(21)17-18)10-7-12-22(25)23-15-16-24/h13-14,17,19,24H,2-12,15-16H2,1H3,(H,23,25). The smallest absolute Gasteiger partial charge is 0.220 e. The summed E-state index contributed by atoms with van der Waals surface area (Å²) in [5.41, 5.74) is 4.58. The van der Waals surface area contributed by atoms with Crippen LogP contribution in [-0.4, -0.2) is 24.2 Å². The highest BCUT2D eigenvalue weighted by atomic mass is 16.3. The number of hydrogen-bond acceptors (Lipinski definition) is 2. The average Bonchev–Trinajstić information content (AvgIpc) is 2.63. The molecule has 25 heavy (non-hydrogen) atoms. The molecular formula is C22H35NO2. The van der Waals surface area contributed by atoms with E-state index in [9.17, 15) is 4.79 Å². The minimum atomic E-state index is 0.0164. The van der Waals surface area contributed by atoms with Gasteiger partial charge in [0.2, 0.25) is 5.91 Å². The molecule has 0 fully saturated rings. The van der Waals surface area contributed by atoms with Gasteiger partial charge in [-0.3, -0.25) is 4.79 Å². The number of aryl methyl sites for hydroxylation is 2.